The Bertz CT molecular complexity index is 1090. The van der Waals surface area contributed by atoms with Crippen molar-refractivity contribution in [3.63, 3.8) is 0 Å². The van der Waals surface area contributed by atoms with Gasteiger partial charge >= 0.3 is 0 Å². The van der Waals surface area contributed by atoms with Gasteiger partial charge in [0.15, 0.2) is 0 Å². The Morgan fingerprint density at radius 3 is 3.04 bits per heavy atom. The van der Waals surface area contributed by atoms with Crippen LogP contribution in [0.1, 0.15) is 23.7 Å². The van der Waals surface area contributed by atoms with Crippen LogP contribution in [0.15, 0.2) is 48.7 Å². The highest BCUT2D eigenvalue weighted by Crippen LogP contribution is 2.30. The molecule has 0 saturated carbocycles. The number of nitrogens with one attached hydrogen (secondary N) is 1. The maximum Gasteiger partial charge on any atom is 0.125 e. The lowest BCUT2D eigenvalue weighted by atomic mass is 10.1. The number of likely N-dealkylation sites (tertiary alicyclic amines) is 1. The second-order valence-electron chi connectivity index (χ2n) is 7.29. The van der Waals surface area contributed by atoms with Gasteiger partial charge in [-0.05, 0) is 42.8 Å². The summed E-state index contributed by atoms with van der Waals surface area (Å²) < 4.78 is 15.6. The van der Waals surface area contributed by atoms with Crippen molar-refractivity contribution in [2.75, 3.05) is 13.1 Å². The Balaban J connectivity index is 1.36. The molecule has 0 unspecified atom stereocenters. The van der Waals surface area contributed by atoms with E-state index >= 15 is 0 Å². The average molecular weight is 348 g/mol. The van der Waals surface area contributed by atoms with E-state index in [4.69, 9.17) is 0 Å². The molecule has 5 rings (SSSR count). The van der Waals surface area contributed by atoms with Crippen molar-refractivity contribution < 1.29 is 4.39 Å². The number of para-hydroxylation sites is 1. The quantitative estimate of drug-likeness (QED) is 0.603. The highest BCUT2D eigenvalue weighted by molar-refractivity contribution is 5.83. The summed E-state index contributed by atoms with van der Waals surface area (Å²) in [7, 11) is 2.10. The van der Waals surface area contributed by atoms with Gasteiger partial charge in [-0.3, -0.25) is 4.90 Å². The topological polar surface area (TPSA) is 36.9 Å². The minimum absolute atomic E-state index is 0.225. The lowest BCUT2D eigenvalue weighted by Gasteiger charge is -2.15. The van der Waals surface area contributed by atoms with Gasteiger partial charge in [0.25, 0.3) is 0 Å². The second-order valence-corrected chi connectivity index (χ2v) is 7.29. The van der Waals surface area contributed by atoms with Crippen molar-refractivity contribution in [2.45, 2.75) is 18.9 Å². The summed E-state index contributed by atoms with van der Waals surface area (Å²) in [5, 5.41) is 1.33. The number of fused-ring (bicyclic) bond motifs is 2. The van der Waals surface area contributed by atoms with Crippen molar-refractivity contribution >= 4 is 21.9 Å². The van der Waals surface area contributed by atoms with Crippen LogP contribution in [-0.2, 0) is 13.6 Å². The van der Waals surface area contributed by atoms with E-state index in [2.05, 4.69) is 56.9 Å². The second kappa shape index (κ2) is 5.95. The van der Waals surface area contributed by atoms with Crippen LogP contribution in [0, 0.1) is 5.82 Å². The van der Waals surface area contributed by atoms with Gasteiger partial charge in [-0.2, -0.15) is 0 Å². The molecule has 1 aliphatic rings. The molecule has 4 aromatic rings. The van der Waals surface area contributed by atoms with Gasteiger partial charge in [0.05, 0.1) is 11.0 Å². The zero-order valence-corrected chi connectivity index (χ0v) is 14.7. The first kappa shape index (κ1) is 15.6. The molecule has 0 bridgehead atoms. The van der Waals surface area contributed by atoms with E-state index < -0.39 is 0 Å². The Hall–Kier alpha value is -2.66. The molecule has 0 radical (unpaired) electrons. The standard InChI is InChI=1S/C21H21FN4/c1-25-11-15(17-4-2-3-5-20(17)25)13-26-9-8-14(12-26)21-23-18-7-6-16(22)10-19(18)24-21/h2-7,10-11,14H,8-9,12-13H2,1H3,(H,23,24)/t14-/m0/s1. The molecule has 2 aromatic heterocycles. The van der Waals surface area contributed by atoms with E-state index in [1.54, 1.807) is 6.07 Å². The molecule has 0 amide bonds. The summed E-state index contributed by atoms with van der Waals surface area (Å²) >= 11 is 0. The zero-order valence-electron chi connectivity index (χ0n) is 14.7. The Morgan fingerprint density at radius 2 is 2.12 bits per heavy atom. The predicted molar refractivity (Wildman–Crippen MR) is 102 cm³/mol. The SMILES string of the molecule is Cn1cc(CN2CC[C@H](c3nc4ccc(F)cc4[nH]3)C2)c2ccccc21. The van der Waals surface area contributed by atoms with Crippen LogP contribution in [0.3, 0.4) is 0 Å². The third-order valence-electron chi connectivity index (χ3n) is 5.49. The molecule has 1 atom stereocenters. The van der Waals surface area contributed by atoms with Crippen molar-refractivity contribution in [3.8, 4) is 0 Å². The van der Waals surface area contributed by atoms with Crippen LogP contribution in [0.5, 0.6) is 0 Å². The Morgan fingerprint density at radius 1 is 1.23 bits per heavy atom. The highest BCUT2D eigenvalue weighted by Gasteiger charge is 2.27. The smallest absolute Gasteiger partial charge is 0.125 e. The third kappa shape index (κ3) is 2.59. The van der Waals surface area contributed by atoms with Crippen molar-refractivity contribution in [1.29, 1.82) is 0 Å². The predicted octanol–water partition coefficient (Wildman–Crippen LogP) is 4.18. The summed E-state index contributed by atoms with van der Waals surface area (Å²) in [6.45, 7) is 2.98. The third-order valence-corrected chi connectivity index (χ3v) is 5.49. The maximum absolute atomic E-state index is 13.4. The molecule has 2 aromatic carbocycles. The number of aryl methyl sites for hydroxylation is 1. The monoisotopic (exact) mass is 348 g/mol. The molecule has 0 aliphatic carbocycles. The number of hydrogen-bond donors (Lipinski definition) is 1. The van der Waals surface area contributed by atoms with Gasteiger partial charge in [0.1, 0.15) is 11.6 Å². The molecule has 1 fully saturated rings. The van der Waals surface area contributed by atoms with Gasteiger partial charge < -0.3 is 9.55 Å². The number of hydrogen-bond acceptors (Lipinski definition) is 2. The first-order chi connectivity index (χ1) is 12.7. The molecule has 0 spiro atoms. The minimum Gasteiger partial charge on any atom is -0.350 e. The van der Waals surface area contributed by atoms with Gasteiger partial charge in [-0.15, -0.1) is 0 Å². The molecule has 4 nitrogen and oxygen atoms in total. The highest BCUT2D eigenvalue weighted by atomic mass is 19.1. The van der Waals surface area contributed by atoms with Gasteiger partial charge in [0, 0.05) is 43.2 Å². The van der Waals surface area contributed by atoms with E-state index in [0.717, 1.165) is 42.9 Å². The first-order valence-corrected chi connectivity index (χ1v) is 9.08. The van der Waals surface area contributed by atoms with Crippen molar-refractivity contribution in [1.82, 2.24) is 19.4 Å². The average Bonchev–Trinajstić information content (AvgIpc) is 3.33. The van der Waals surface area contributed by atoms with Crippen LogP contribution in [-0.4, -0.2) is 32.5 Å². The zero-order chi connectivity index (χ0) is 17.7. The molecule has 1 N–H and O–H groups in total. The van der Waals surface area contributed by atoms with E-state index in [0.29, 0.717) is 5.92 Å². The number of H-pyrrole nitrogens is 1. The number of halogens is 1. The summed E-state index contributed by atoms with van der Waals surface area (Å²) in [4.78, 5) is 10.5. The number of nitrogens with zero attached hydrogens (tertiary/aromatic N) is 3. The lowest BCUT2D eigenvalue weighted by Crippen LogP contribution is -2.19. The first-order valence-electron chi connectivity index (χ1n) is 9.08. The van der Waals surface area contributed by atoms with E-state index in [-0.39, 0.29) is 5.82 Å². The van der Waals surface area contributed by atoms with Crippen molar-refractivity contribution in [3.05, 3.63) is 65.9 Å². The largest absolute Gasteiger partial charge is 0.350 e. The van der Waals surface area contributed by atoms with Crippen LogP contribution in [0.4, 0.5) is 4.39 Å². The molecule has 132 valence electrons. The lowest BCUT2D eigenvalue weighted by molar-refractivity contribution is 0.327. The minimum atomic E-state index is -0.225. The van der Waals surface area contributed by atoms with Crippen molar-refractivity contribution in [2.24, 2.45) is 7.05 Å². The summed E-state index contributed by atoms with van der Waals surface area (Å²) in [5.74, 6) is 1.13. The number of aromatic nitrogens is 3. The fraction of sp³-hybridized carbons (Fsp3) is 0.286. The molecule has 3 heterocycles. The number of benzene rings is 2. The Kier molecular flexibility index (Phi) is 3.57. The van der Waals surface area contributed by atoms with E-state index in [1.807, 2.05) is 0 Å². The van der Waals surface area contributed by atoms with Crippen LogP contribution in [0.2, 0.25) is 0 Å². The molecule has 26 heavy (non-hydrogen) atoms. The number of imidazole rings is 1. The van der Waals surface area contributed by atoms with Gasteiger partial charge in [-0.25, -0.2) is 9.37 Å². The van der Waals surface area contributed by atoms with E-state index in [1.165, 1.54) is 28.6 Å². The summed E-state index contributed by atoms with van der Waals surface area (Å²) in [6.07, 6.45) is 3.31. The fourth-order valence-electron chi connectivity index (χ4n) is 4.19. The fourth-order valence-corrected chi connectivity index (χ4v) is 4.19. The molecular weight excluding hydrogens is 327 g/mol. The molecular formula is C21H21FN4. The number of rotatable bonds is 3. The molecule has 5 heteroatoms. The Labute approximate surface area is 151 Å². The molecule has 1 aliphatic heterocycles. The normalized spacial score (nSPS) is 18.3. The summed E-state index contributed by atoms with van der Waals surface area (Å²) in [5.41, 5.74) is 4.27. The van der Waals surface area contributed by atoms with Crippen LogP contribution < -0.4 is 0 Å². The van der Waals surface area contributed by atoms with Crippen LogP contribution in [0.25, 0.3) is 21.9 Å². The van der Waals surface area contributed by atoms with Crippen LogP contribution >= 0.6 is 0 Å². The maximum atomic E-state index is 13.4. The van der Waals surface area contributed by atoms with Gasteiger partial charge in [-0.1, -0.05) is 18.2 Å². The summed E-state index contributed by atoms with van der Waals surface area (Å²) in [6, 6.07) is 13.3. The van der Waals surface area contributed by atoms with Gasteiger partial charge in [0.2, 0.25) is 0 Å². The molecule has 1 saturated heterocycles. The number of aromatic amines is 1. The van der Waals surface area contributed by atoms with E-state index in [9.17, 15) is 4.39 Å².